The van der Waals surface area contributed by atoms with E-state index in [2.05, 4.69) is 24.0 Å². The summed E-state index contributed by atoms with van der Waals surface area (Å²) >= 11 is 0. The first kappa shape index (κ1) is 12.1. The van der Waals surface area contributed by atoms with Crippen LogP contribution in [0.5, 0.6) is 0 Å². The van der Waals surface area contributed by atoms with Crippen LogP contribution < -0.4 is 0 Å². The number of nitrogens with zero attached hydrogens (tertiary/aromatic N) is 2. The van der Waals surface area contributed by atoms with E-state index < -0.39 is 0 Å². The van der Waals surface area contributed by atoms with E-state index in [0.29, 0.717) is 11.8 Å². The molecule has 1 aromatic heterocycles. The van der Waals surface area contributed by atoms with Crippen LogP contribution in [0.4, 0.5) is 0 Å². The van der Waals surface area contributed by atoms with Gasteiger partial charge >= 0.3 is 0 Å². The van der Waals surface area contributed by atoms with Crippen LogP contribution in [-0.4, -0.2) is 34.1 Å². The summed E-state index contributed by atoms with van der Waals surface area (Å²) in [5.41, 5.74) is 2.44. The monoisotopic (exact) mass is 235 g/mol. The highest BCUT2D eigenvalue weighted by Crippen LogP contribution is 2.25. The van der Waals surface area contributed by atoms with Gasteiger partial charge in [-0.15, -0.1) is 0 Å². The lowest BCUT2D eigenvalue weighted by molar-refractivity contribution is 0.0782. The Morgan fingerprint density at radius 2 is 2.18 bits per heavy atom. The van der Waals surface area contributed by atoms with Gasteiger partial charge in [-0.3, -0.25) is 9.89 Å². The highest BCUT2D eigenvalue weighted by atomic mass is 16.2. The highest BCUT2D eigenvalue weighted by molar-refractivity contribution is 5.96. The standard InChI is InChI=1S/C13H21N3O/c1-8(2)11-5-6-16(7-11)13(17)12-9(3)14-15-10(12)4/h8,11H,5-7H2,1-4H3,(H,14,15). The Bertz CT molecular complexity index is 403. The Hall–Kier alpha value is -1.32. The number of carbonyl (C=O) groups excluding carboxylic acids is 1. The SMILES string of the molecule is Cc1n[nH]c(C)c1C(=O)N1CCC(C(C)C)C1. The second kappa shape index (κ2) is 4.51. The van der Waals surface area contributed by atoms with Gasteiger partial charge in [0.15, 0.2) is 0 Å². The molecule has 0 aliphatic carbocycles. The number of rotatable bonds is 2. The van der Waals surface area contributed by atoms with Crippen LogP contribution in [-0.2, 0) is 0 Å². The Labute approximate surface area is 102 Å². The van der Waals surface area contributed by atoms with Crippen LogP contribution in [0.15, 0.2) is 0 Å². The van der Waals surface area contributed by atoms with E-state index in [0.717, 1.165) is 36.5 Å². The highest BCUT2D eigenvalue weighted by Gasteiger charge is 2.30. The molecule has 2 rings (SSSR count). The Balaban J connectivity index is 2.12. The summed E-state index contributed by atoms with van der Waals surface area (Å²) in [5.74, 6) is 1.43. The number of likely N-dealkylation sites (tertiary alicyclic amines) is 1. The van der Waals surface area contributed by atoms with Crippen molar-refractivity contribution < 1.29 is 4.79 Å². The maximum Gasteiger partial charge on any atom is 0.257 e. The van der Waals surface area contributed by atoms with Crippen molar-refractivity contribution in [1.82, 2.24) is 15.1 Å². The van der Waals surface area contributed by atoms with Gasteiger partial charge in [0, 0.05) is 18.8 Å². The van der Waals surface area contributed by atoms with Crippen LogP contribution in [0.2, 0.25) is 0 Å². The molecule has 0 radical (unpaired) electrons. The zero-order chi connectivity index (χ0) is 12.6. The van der Waals surface area contributed by atoms with Crippen molar-refractivity contribution in [3.05, 3.63) is 17.0 Å². The fourth-order valence-electron chi connectivity index (χ4n) is 2.54. The van der Waals surface area contributed by atoms with E-state index in [-0.39, 0.29) is 5.91 Å². The average molecular weight is 235 g/mol. The number of carbonyl (C=O) groups is 1. The summed E-state index contributed by atoms with van der Waals surface area (Å²) in [6.07, 6.45) is 1.12. The topological polar surface area (TPSA) is 49.0 Å². The molecule has 1 aliphatic heterocycles. The van der Waals surface area contributed by atoms with Crippen LogP contribution in [0.3, 0.4) is 0 Å². The molecule has 17 heavy (non-hydrogen) atoms. The van der Waals surface area contributed by atoms with Gasteiger partial charge in [0.05, 0.1) is 11.3 Å². The second-order valence-corrected chi connectivity index (χ2v) is 5.35. The molecule has 1 N–H and O–H groups in total. The van der Waals surface area contributed by atoms with E-state index in [9.17, 15) is 4.79 Å². The lowest BCUT2D eigenvalue weighted by atomic mass is 9.95. The molecule has 94 valence electrons. The zero-order valence-corrected chi connectivity index (χ0v) is 11.1. The number of nitrogens with one attached hydrogen (secondary N) is 1. The third kappa shape index (κ3) is 2.21. The van der Waals surface area contributed by atoms with Gasteiger partial charge in [-0.2, -0.15) is 5.10 Å². The van der Waals surface area contributed by atoms with Crippen molar-refractivity contribution in [3.8, 4) is 0 Å². The maximum atomic E-state index is 12.4. The molecular formula is C13H21N3O. The van der Waals surface area contributed by atoms with E-state index in [4.69, 9.17) is 0 Å². The number of aromatic nitrogens is 2. The van der Waals surface area contributed by atoms with E-state index in [1.165, 1.54) is 0 Å². The van der Waals surface area contributed by atoms with Gasteiger partial charge in [-0.05, 0) is 32.1 Å². The summed E-state index contributed by atoms with van der Waals surface area (Å²) in [4.78, 5) is 14.4. The van der Waals surface area contributed by atoms with Gasteiger partial charge in [0.2, 0.25) is 0 Å². The minimum Gasteiger partial charge on any atom is -0.338 e. The quantitative estimate of drug-likeness (QED) is 0.853. The van der Waals surface area contributed by atoms with Crippen molar-refractivity contribution in [2.24, 2.45) is 11.8 Å². The summed E-state index contributed by atoms with van der Waals surface area (Å²) < 4.78 is 0. The summed E-state index contributed by atoms with van der Waals surface area (Å²) in [6, 6.07) is 0. The predicted molar refractivity (Wildman–Crippen MR) is 66.9 cm³/mol. The first-order chi connectivity index (χ1) is 8.00. The fourth-order valence-corrected chi connectivity index (χ4v) is 2.54. The van der Waals surface area contributed by atoms with Crippen molar-refractivity contribution >= 4 is 5.91 Å². The number of aryl methyl sites for hydroxylation is 2. The molecule has 1 amide bonds. The van der Waals surface area contributed by atoms with Crippen LogP contribution in [0.25, 0.3) is 0 Å². The van der Waals surface area contributed by atoms with Crippen LogP contribution in [0.1, 0.15) is 42.0 Å². The molecule has 1 saturated heterocycles. The van der Waals surface area contributed by atoms with E-state index in [1.54, 1.807) is 0 Å². The smallest absolute Gasteiger partial charge is 0.257 e. The molecule has 1 aliphatic rings. The molecule has 0 saturated carbocycles. The maximum absolute atomic E-state index is 12.4. The van der Waals surface area contributed by atoms with Gasteiger partial charge in [-0.25, -0.2) is 0 Å². The Morgan fingerprint density at radius 3 is 2.65 bits per heavy atom. The lowest BCUT2D eigenvalue weighted by Crippen LogP contribution is -2.30. The molecule has 0 aromatic carbocycles. The zero-order valence-electron chi connectivity index (χ0n) is 11.1. The minimum atomic E-state index is 0.136. The summed E-state index contributed by atoms with van der Waals surface area (Å²) in [7, 11) is 0. The van der Waals surface area contributed by atoms with E-state index >= 15 is 0 Å². The normalized spacial score (nSPS) is 20.3. The fraction of sp³-hybridized carbons (Fsp3) is 0.692. The first-order valence-electron chi connectivity index (χ1n) is 6.31. The van der Waals surface area contributed by atoms with Crippen molar-refractivity contribution in [3.63, 3.8) is 0 Å². The summed E-state index contributed by atoms with van der Waals surface area (Å²) in [5, 5.41) is 6.97. The predicted octanol–water partition coefficient (Wildman–Crippen LogP) is 2.14. The molecule has 1 aromatic rings. The van der Waals surface area contributed by atoms with Crippen molar-refractivity contribution in [2.75, 3.05) is 13.1 Å². The Morgan fingerprint density at radius 1 is 1.47 bits per heavy atom. The van der Waals surface area contributed by atoms with E-state index in [1.807, 2.05) is 18.7 Å². The molecule has 0 bridgehead atoms. The molecule has 1 unspecified atom stereocenters. The number of aromatic amines is 1. The summed E-state index contributed by atoms with van der Waals surface area (Å²) in [6.45, 7) is 10.0. The van der Waals surface area contributed by atoms with Gasteiger partial charge in [-0.1, -0.05) is 13.8 Å². The largest absolute Gasteiger partial charge is 0.338 e. The number of H-pyrrole nitrogens is 1. The number of amides is 1. The Kier molecular flexibility index (Phi) is 3.22. The minimum absolute atomic E-state index is 0.136. The molecule has 1 atom stereocenters. The van der Waals surface area contributed by atoms with Gasteiger partial charge in [0.1, 0.15) is 0 Å². The molecule has 0 spiro atoms. The molecule has 1 fully saturated rings. The van der Waals surface area contributed by atoms with Gasteiger partial charge in [0.25, 0.3) is 5.91 Å². The van der Waals surface area contributed by atoms with Crippen molar-refractivity contribution in [1.29, 1.82) is 0 Å². The molecule has 4 heteroatoms. The first-order valence-corrected chi connectivity index (χ1v) is 6.31. The van der Waals surface area contributed by atoms with Crippen molar-refractivity contribution in [2.45, 2.75) is 34.1 Å². The third-order valence-electron chi connectivity index (χ3n) is 3.80. The van der Waals surface area contributed by atoms with Crippen LogP contribution in [0, 0.1) is 25.7 Å². The molecular weight excluding hydrogens is 214 g/mol. The third-order valence-corrected chi connectivity index (χ3v) is 3.80. The molecule has 4 nitrogen and oxygen atoms in total. The second-order valence-electron chi connectivity index (χ2n) is 5.35. The number of hydrogen-bond donors (Lipinski definition) is 1. The number of hydrogen-bond acceptors (Lipinski definition) is 2. The average Bonchev–Trinajstić information content (AvgIpc) is 2.85. The van der Waals surface area contributed by atoms with Gasteiger partial charge < -0.3 is 4.90 Å². The molecule has 2 heterocycles. The lowest BCUT2D eigenvalue weighted by Gasteiger charge is -2.18. The van der Waals surface area contributed by atoms with Crippen LogP contribution >= 0.6 is 0 Å².